The summed E-state index contributed by atoms with van der Waals surface area (Å²) in [5.74, 6) is 0.621. The first kappa shape index (κ1) is 11.8. The molecule has 1 heterocycles. The fourth-order valence-corrected chi connectivity index (χ4v) is 2.21. The topological polar surface area (TPSA) is 111 Å². The lowest BCUT2D eigenvalue weighted by molar-refractivity contribution is 0.598. The van der Waals surface area contributed by atoms with Crippen molar-refractivity contribution in [2.75, 3.05) is 11.1 Å². The van der Waals surface area contributed by atoms with Crippen molar-refractivity contribution >= 4 is 38.1 Å². The van der Waals surface area contributed by atoms with E-state index in [0.29, 0.717) is 16.5 Å². The number of hydrogen-bond donors (Lipinski definition) is 3. The van der Waals surface area contributed by atoms with Crippen LogP contribution in [0.15, 0.2) is 35.2 Å². The molecule has 17 heavy (non-hydrogen) atoms. The van der Waals surface area contributed by atoms with Gasteiger partial charge < -0.3 is 11.1 Å². The maximum atomic E-state index is 11.0. The van der Waals surface area contributed by atoms with Gasteiger partial charge in [0.25, 0.3) is 0 Å². The van der Waals surface area contributed by atoms with E-state index in [1.807, 2.05) is 0 Å². The van der Waals surface area contributed by atoms with Gasteiger partial charge in [-0.15, -0.1) is 0 Å². The fraction of sp³-hybridized carbons (Fsp3) is 0. The maximum Gasteiger partial charge on any atom is 0.238 e. The van der Waals surface area contributed by atoms with Gasteiger partial charge in [-0.05, 0) is 35.8 Å². The zero-order valence-electron chi connectivity index (χ0n) is 8.62. The highest BCUT2D eigenvalue weighted by atomic mass is 32.2. The van der Waals surface area contributed by atoms with Gasteiger partial charge in [0.05, 0.1) is 4.90 Å². The van der Waals surface area contributed by atoms with Gasteiger partial charge in [0.2, 0.25) is 10.0 Å². The van der Waals surface area contributed by atoms with E-state index in [4.69, 9.17) is 10.9 Å². The molecule has 0 atom stereocenters. The van der Waals surface area contributed by atoms with Crippen molar-refractivity contribution < 1.29 is 8.42 Å². The van der Waals surface area contributed by atoms with Gasteiger partial charge in [0.15, 0.2) is 0 Å². The van der Waals surface area contributed by atoms with Crippen molar-refractivity contribution in [3.05, 3.63) is 30.3 Å². The van der Waals surface area contributed by atoms with Crippen molar-refractivity contribution in [1.29, 1.82) is 0 Å². The van der Waals surface area contributed by atoms with Gasteiger partial charge in [0.1, 0.15) is 10.8 Å². The van der Waals surface area contributed by atoms with Crippen LogP contribution >= 0.6 is 11.5 Å². The minimum absolute atomic E-state index is 0.0702. The number of nitrogens with two attached hydrogens (primary N) is 2. The Morgan fingerprint density at radius 2 is 1.88 bits per heavy atom. The second-order valence-electron chi connectivity index (χ2n) is 3.31. The third-order valence-corrected chi connectivity index (χ3v) is 3.53. The van der Waals surface area contributed by atoms with Crippen molar-refractivity contribution in [1.82, 2.24) is 4.37 Å². The molecule has 2 rings (SSSR count). The number of anilines is 3. The second kappa shape index (κ2) is 4.32. The number of primary sulfonamides is 1. The summed E-state index contributed by atoms with van der Waals surface area (Å²) in [7, 11) is -3.65. The Morgan fingerprint density at radius 1 is 1.24 bits per heavy atom. The second-order valence-corrected chi connectivity index (χ2v) is 5.71. The number of aromatic nitrogens is 1. The van der Waals surface area contributed by atoms with E-state index < -0.39 is 10.0 Å². The molecule has 0 saturated heterocycles. The minimum atomic E-state index is -3.65. The summed E-state index contributed by atoms with van der Waals surface area (Å²) < 4.78 is 26.1. The van der Waals surface area contributed by atoms with Crippen LogP contribution in [0.3, 0.4) is 0 Å². The monoisotopic (exact) mass is 270 g/mol. The zero-order valence-corrected chi connectivity index (χ0v) is 10.3. The Hall–Kier alpha value is -1.64. The molecule has 0 amide bonds. The molecular weight excluding hydrogens is 260 g/mol. The van der Waals surface area contributed by atoms with Crippen molar-refractivity contribution in [2.24, 2.45) is 5.14 Å². The van der Waals surface area contributed by atoms with Gasteiger partial charge in [-0.25, -0.2) is 13.6 Å². The first-order valence-corrected chi connectivity index (χ1v) is 6.89. The van der Waals surface area contributed by atoms with E-state index in [1.54, 1.807) is 18.2 Å². The highest BCUT2D eigenvalue weighted by Gasteiger charge is 2.07. The van der Waals surface area contributed by atoms with E-state index in [1.165, 1.54) is 23.7 Å². The van der Waals surface area contributed by atoms with E-state index in [-0.39, 0.29) is 4.90 Å². The van der Waals surface area contributed by atoms with Crippen LogP contribution in [0.25, 0.3) is 0 Å². The quantitative estimate of drug-likeness (QED) is 0.773. The zero-order chi connectivity index (χ0) is 12.5. The largest absolute Gasteiger partial charge is 0.389 e. The Kier molecular flexibility index (Phi) is 3.01. The normalized spacial score (nSPS) is 11.4. The van der Waals surface area contributed by atoms with Gasteiger partial charge in [-0.1, -0.05) is 0 Å². The molecule has 8 heteroatoms. The van der Waals surface area contributed by atoms with E-state index in [2.05, 4.69) is 9.69 Å². The van der Waals surface area contributed by atoms with Crippen LogP contribution in [-0.2, 0) is 10.0 Å². The highest BCUT2D eigenvalue weighted by molar-refractivity contribution is 7.89. The molecule has 0 aliphatic rings. The van der Waals surface area contributed by atoms with Crippen molar-refractivity contribution in [2.45, 2.75) is 4.90 Å². The number of nitrogens with zero attached hydrogens (tertiary/aromatic N) is 1. The number of benzene rings is 1. The lowest BCUT2D eigenvalue weighted by atomic mass is 10.3. The molecule has 0 radical (unpaired) electrons. The molecule has 0 bridgehead atoms. The molecule has 0 spiro atoms. The first-order valence-electron chi connectivity index (χ1n) is 4.57. The first-order chi connectivity index (χ1) is 7.95. The van der Waals surface area contributed by atoms with Crippen LogP contribution in [0.2, 0.25) is 0 Å². The lowest BCUT2D eigenvalue weighted by Gasteiger charge is -2.03. The van der Waals surface area contributed by atoms with Crippen LogP contribution in [0.4, 0.5) is 16.5 Å². The molecule has 0 aliphatic heterocycles. The van der Waals surface area contributed by atoms with Crippen LogP contribution in [0.5, 0.6) is 0 Å². The fourth-order valence-electron chi connectivity index (χ4n) is 1.22. The SMILES string of the molecule is Nc1cc(Nc2ccc(S(N)(=O)=O)cc2)ns1. The van der Waals surface area contributed by atoms with Gasteiger partial charge in [-0.2, -0.15) is 4.37 Å². The number of rotatable bonds is 3. The van der Waals surface area contributed by atoms with Gasteiger partial charge in [-0.3, -0.25) is 0 Å². The van der Waals surface area contributed by atoms with E-state index in [9.17, 15) is 8.42 Å². The number of sulfonamides is 1. The Balaban J connectivity index is 2.19. The summed E-state index contributed by atoms with van der Waals surface area (Å²) in [6.07, 6.45) is 0. The Labute approximate surface area is 102 Å². The van der Waals surface area contributed by atoms with Crippen LogP contribution < -0.4 is 16.2 Å². The van der Waals surface area contributed by atoms with Gasteiger partial charge >= 0.3 is 0 Å². The van der Waals surface area contributed by atoms with Crippen LogP contribution in [0, 0.1) is 0 Å². The summed E-state index contributed by atoms with van der Waals surface area (Å²) in [4.78, 5) is 0.0702. The van der Waals surface area contributed by atoms with Crippen LogP contribution in [-0.4, -0.2) is 12.8 Å². The maximum absolute atomic E-state index is 11.0. The molecule has 1 aromatic heterocycles. The molecular formula is C9H10N4O2S2. The number of hydrogen-bond acceptors (Lipinski definition) is 6. The van der Waals surface area contributed by atoms with Crippen molar-refractivity contribution in [3.63, 3.8) is 0 Å². The predicted molar refractivity (Wildman–Crippen MR) is 67.6 cm³/mol. The lowest BCUT2D eigenvalue weighted by Crippen LogP contribution is -2.11. The molecule has 0 saturated carbocycles. The molecule has 0 aliphatic carbocycles. The molecule has 90 valence electrons. The molecule has 0 fully saturated rings. The average molecular weight is 270 g/mol. The van der Waals surface area contributed by atoms with E-state index in [0.717, 1.165) is 0 Å². The third-order valence-electron chi connectivity index (χ3n) is 1.98. The smallest absolute Gasteiger partial charge is 0.238 e. The summed E-state index contributed by atoms with van der Waals surface area (Å²) in [6, 6.07) is 7.75. The Bertz CT molecular complexity index is 619. The van der Waals surface area contributed by atoms with E-state index >= 15 is 0 Å². The van der Waals surface area contributed by atoms with Gasteiger partial charge in [0, 0.05) is 11.8 Å². The predicted octanol–water partition coefficient (Wildman–Crippen LogP) is 1.12. The summed E-state index contributed by atoms with van der Waals surface area (Å²) in [6.45, 7) is 0. The molecule has 6 nitrogen and oxygen atoms in total. The average Bonchev–Trinajstić information content (AvgIpc) is 2.63. The summed E-state index contributed by atoms with van der Waals surface area (Å²) >= 11 is 1.18. The molecule has 1 aromatic carbocycles. The number of nitrogens with one attached hydrogen (secondary N) is 1. The number of nitrogen functional groups attached to an aromatic ring is 1. The summed E-state index contributed by atoms with van der Waals surface area (Å²) in [5, 5.41) is 8.58. The minimum Gasteiger partial charge on any atom is -0.389 e. The van der Waals surface area contributed by atoms with Crippen molar-refractivity contribution in [3.8, 4) is 0 Å². The van der Waals surface area contributed by atoms with Crippen LogP contribution in [0.1, 0.15) is 0 Å². The molecule has 5 N–H and O–H groups in total. The highest BCUT2D eigenvalue weighted by Crippen LogP contribution is 2.21. The third kappa shape index (κ3) is 2.93. The summed E-state index contributed by atoms with van der Waals surface area (Å²) in [5.41, 5.74) is 6.24. The molecule has 0 unspecified atom stereocenters. The molecule has 2 aromatic rings. The Morgan fingerprint density at radius 3 is 2.35 bits per heavy atom. The standard InChI is InChI=1S/C9H10N4O2S2/c10-8-5-9(13-16-8)12-6-1-3-7(4-2-6)17(11,14)15/h1-5H,10H2,(H,12,13)(H2,11,14,15).